The molecule has 1 heterocycles. The van der Waals surface area contributed by atoms with Gasteiger partial charge in [-0.15, -0.1) is 0 Å². The second-order valence-corrected chi connectivity index (χ2v) is 6.72. The molecule has 1 N–H and O–H groups in total. The van der Waals surface area contributed by atoms with E-state index < -0.39 is 11.8 Å². The average Bonchev–Trinajstić information content (AvgIpc) is 2.99. The van der Waals surface area contributed by atoms with Gasteiger partial charge in [0.2, 0.25) is 0 Å². The van der Waals surface area contributed by atoms with Gasteiger partial charge in [0.15, 0.2) is 0 Å². The van der Waals surface area contributed by atoms with Crippen LogP contribution in [0.4, 0.5) is 11.4 Å². The Morgan fingerprint density at radius 2 is 1.52 bits per heavy atom. The van der Waals surface area contributed by atoms with Crippen molar-refractivity contribution < 1.29 is 19.1 Å². The molecule has 0 aliphatic carbocycles. The van der Waals surface area contributed by atoms with Crippen molar-refractivity contribution in [2.75, 3.05) is 17.3 Å². The first-order valence-corrected chi connectivity index (χ1v) is 9.03. The maximum atomic E-state index is 12.9. The number of amides is 3. The number of hydrogen-bond donors (Lipinski definition) is 1. The monoisotopic (exact) mass is 386 g/mol. The number of carbonyl (C=O) groups excluding carboxylic acids is 3. The Balaban J connectivity index is 1.59. The Hall–Kier alpha value is -3.93. The van der Waals surface area contributed by atoms with E-state index in [1.54, 1.807) is 49.6 Å². The molecule has 144 valence electrons. The van der Waals surface area contributed by atoms with Crippen LogP contribution in [0.5, 0.6) is 5.75 Å². The molecule has 0 saturated carbocycles. The summed E-state index contributed by atoms with van der Waals surface area (Å²) in [6.45, 7) is 1.93. The standard InChI is InChI=1S/C23H18N2O4/c1-14-3-8-17(9-4-14)25-22(27)19-12-5-15(13-20(19)23(25)28)21(26)24-16-6-10-18(29-2)11-7-16/h3-13H,1-2H3,(H,24,26). The minimum absolute atomic E-state index is 0.220. The lowest BCUT2D eigenvalue weighted by atomic mass is 10.1. The van der Waals surface area contributed by atoms with Crippen molar-refractivity contribution in [3.63, 3.8) is 0 Å². The summed E-state index contributed by atoms with van der Waals surface area (Å²) in [7, 11) is 1.57. The minimum atomic E-state index is -0.437. The van der Waals surface area contributed by atoms with E-state index >= 15 is 0 Å². The molecule has 0 radical (unpaired) electrons. The number of rotatable bonds is 4. The van der Waals surface area contributed by atoms with Crippen LogP contribution < -0.4 is 15.0 Å². The fourth-order valence-electron chi connectivity index (χ4n) is 3.19. The number of hydrogen-bond acceptors (Lipinski definition) is 4. The van der Waals surface area contributed by atoms with Crippen LogP contribution in [0.1, 0.15) is 36.6 Å². The van der Waals surface area contributed by atoms with Gasteiger partial charge in [0, 0.05) is 11.3 Å². The van der Waals surface area contributed by atoms with Gasteiger partial charge in [-0.2, -0.15) is 0 Å². The lowest BCUT2D eigenvalue weighted by Gasteiger charge is -2.13. The molecule has 3 aromatic rings. The fraction of sp³-hybridized carbons (Fsp3) is 0.0870. The minimum Gasteiger partial charge on any atom is -0.497 e. The number of ether oxygens (including phenoxy) is 1. The topological polar surface area (TPSA) is 75.7 Å². The van der Waals surface area contributed by atoms with Crippen LogP contribution in [-0.2, 0) is 0 Å². The van der Waals surface area contributed by atoms with Crippen LogP contribution in [0.2, 0.25) is 0 Å². The highest BCUT2D eigenvalue weighted by Crippen LogP contribution is 2.29. The van der Waals surface area contributed by atoms with E-state index in [1.807, 2.05) is 19.1 Å². The third kappa shape index (κ3) is 3.36. The number of nitrogens with zero attached hydrogens (tertiary/aromatic N) is 1. The van der Waals surface area contributed by atoms with Gasteiger partial charge >= 0.3 is 0 Å². The van der Waals surface area contributed by atoms with E-state index in [4.69, 9.17) is 4.74 Å². The molecule has 6 heteroatoms. The van der Waals surface area contributed by atoms with Gasteiger partial charge in [0.05, 0.1) is 23.9 Å². The van der Waals surface area contributed by atoms with Crippen LogP contribution in [0.25, 0.3) is 0 Å². The number of nitrogens with one attached hydrogen (secondary N) is 1. The SMILES string of the molecule is COc1ccc(NC(=O)c2ccc3c(c2)C(=O)N(c2ccc(C)cc2)C3=O)cc1. The number of fused-ring (bicyclic) bond motifs is 1. The Kier molecular flexibility index (Phi) is 4.60. The molecule has 29 heavy (non-hydrogen) atoms. The van der Waals surface area contributed by atoms with Crippen LogP contribution >= 0.6 is 0 Å². The van der Waals surface area contributed by atoms with Crippen LogP contribution in [0, 0.1) is 6.92 Å². The maximum absolute atomic E-state index is 12.9. The van der Waals surface area contributed by atoms with Crippen molar-refractivity contribution >= 4 is 29.1 Å². The molecule has 4 rings (SSSR count). The molecule has 0 fully saturated rings. The largest absolute Gasteiger partial charge is 0.497 e. The molecule has 0 spiro atoms. The summed E-state index contributed by atoms with van der Waals surface area (Å²) < 4.78 is 5.10. The number of anilines is 2. The van der Waals surface area contributed by atoms with Gasteiger partial charge in [-0.05, 0) is 61.5 Å². The van der Waals surface area contributed by atoms with Crippen molar-refractivity contribution in [1.82, 2.24) is 0 Å². The Labute approximate surface area is 167 Å². The van der Waals surface area contributed by atoms with Crippen molar-refractivity contribution in [3.8, 4) is 5.75 Å². The van der Waals surface area contributed by atoms with Gasteiger partial charge in [-0.1, -0.05) is 17.7 Å². The molecular formula is C23H18N2O4. The number of aryl methyl sites for hydroxylation is 1. The number of imide groups is 1. The third-order valence-electron chi connectivity index (χ3n) is 4.79. The van der Waals surface area contributed by atoms with Crippen molar-refractivity contribution in [3.05, 3.63) is 89.0 Å². The Bertz CT molecular complexity index is 1120. The average molecular weight is 386 g/mol. The van der Waals surface area contributed by atoms with E-state index in [0.717, 1.165) is 10.5 Å². The fourth-order valence-corrected chi connectivity index (χ4v) is 3.19. The molecule has 0 unspecified atom stereocenters. The number of methoxy groups -OCH3 is 1. The predicted molar refractivity (Wildman–Crippen MR) is 110 cm³/mol. The lowest BCUT2D eigenvalue weighted by molar-refractivity contribution is 0.0925. The highest BCUT2D eigenvalue weighted by Gasteiger charge is 2.37. The van der Waals surface area contributed by atoms with E-state index in [0.29, 0.717) is 22.7 Å². The third-order valence-corrected chi connectivity index (χ3v) is 4.79. The summed E-state index contributed by atoms with van der Waals surface area (Å²) in [6, 6.07) is 18.6. The second kappa shape index (κ2) is 7.24. The zero-order chi connectivity index (χ0) is 20.5. The summed E-state index contributed by atoms with van der Waals surface area (Å²) >= 11 is 0. The highest BCUT2D eigenvalue weighted by atomic mass is 16.5. The molecule has 0 aromatic heterocycles. The highest BCUT2D eigenvalue weighted by molar-refractivity contribution is 6.34. The summed E-state index contributed by atoms with van der Waals surface area (Å²) in [5.41, 5.74) is 2.94. The zero-order valence-electron chi connectivity index (χ0n) is 15.9. The Morgan fingerprint density at radius 1 is 0.862 bits per heavy atom. The number of benzene rings is 3. The lowest BCUT2D eigenvalue weighted by Crippen LogP contribution is -2.29. The molecule has 1 aliphatic rings. The first-order valence-electron chi connectivity index (χ1n) is 9.03. The van der Waals surface area contributed by atoms with Gasteiger partial charge in [0.1, 0.15) is 5.75 Å². The van der Waals surface area contributed by atoms with Gasteiger partial charge in [-0.25, -0.2) is 4.90 Å². The summed E-state index contributed by atoms with van der Waals surface area (Å²) in [6.07, 6.45) is 0. The van der Waals surface area contributed by atoms with Crippen LogP contribution in [0.3, 0.4) is 0 Å². The molecular weight excluding hydrogens is 368 g/mol. The molecule has 0 saturated heterocycles. The molecule has 1 aliphatic heterocycles. The summed E-state index contributed by atoms with van der Waals surface area (Å²) in [5, 5.41) is 2.77. The van der Waals surface area contributed by atoms with E-state index in [2.05, 4.69) is 5.32 Å². The Morgan fingerprint density at radius 3 is 2.17 bits per heavy atom. The molecule has 3 amide bonds. The molecule has 3 aromatic carbocycles. The maximum Gasteiger partial charge on any atom is 0.266 e. The number of carbonyl (C=O) groups is 3. The van der Waals surface area contributed by atoms with Crippen LogP contribution in [0.15, 0.2) is 66.7 Å². The molecule has 0 atom stereocenters. The first kappa shape index (κ1) is 18.4. The predicted octanol–water partition coefficient (Wildman–Crippen LogP) is 4.06. The quantitative estimate of drug-likeness (QED) is 0.686. The van der Waals surface area contributed by atoms with Crippen molar-refractivity contribution in [1.29, 1.82) is 0 Å². The van der Waals surface area contributed by atoms with E-state index in [1.165, 1.54) is 12.1 Å². The summed E-state index contributed by atoms with van der Waals surface area (Å²) in [5.74, 6) is -0.517. The first-order chi connectivity index (χ1) is 14.0. The van der Waals surface area contributed by atoms with Gasteiger partial charge < -0.3 is 10.1 Å². The summed E-state index contributed by atoms with van der Waals surface area (Å²) in [4.78, 5) is 39.3. The second-order valence-electron chi connectivity index (χ2n) is 6.72. The van der Waals surface area contributed by atoms with Crippen molar-refractivity contribution in [2.24, 2.45) is 0 Å². The van der Waals surface area contributed by atoms with Crippen LogP contribution in [-0.4, -0.2) is 24.8 Å². The normalized spacial score (nSPS) is 12.7. The zero-order valence-corrected chi connectivity index (χ0v) is 15.9. The smallest absolute Gasteiger partial charge is 0.266 e. The van der Waals surface area contributed by atoms with E-state index in [9.17, 15) is 14.4 Å². The molecule has 0 bridgehead atoms. The van der Waals surface area contributed by atoms with E-state index in [-0.39, 0.29) is 17.0 Å². The molecule has 6 nitrogen and oxygen atoms in total. The van der Waals surface area contributed by atoms with Gasteiger partial charge in [-0.3, -0.25) is 14.4 Å². The van der Waals surface area contributed by atoms with Crippen molar-refractivity contribution in [2.45, 2.75) is 6.92 Å². The van der Waals surface area contributed by atoms with Gasteiger partial charge in [0.25, 0.3) is 17.7 Å².